The van der Waals surface area contributed by atoms with Crippen molar-refractivity contribution in [2.45, 2.75) is 24.4 Å². The number of halogens is 2. The van der Waals surface area contributed by atoms with Gasteiger partial charge >= 0.3 is 0 Å². The molecule has 1 aliphatic carbocycles. The van der Waals surface area contributed by atoms with Gasteiger partial charge in [-0.25, -0.2) is 8.78 Å². The van der Waals surface area contributed by atoms with Gasteiger partial charge in [0.1, 0.15) is 0 Å². The maximum atomic E-state index is 13.8. The standard InChI is InChI=1S/C12H14F2N2/c13-12(14)8-11(15,16)7-6-10(12)9-4-2-1-3-5-9/h1-6H,7-8,15-16H2. The predicted octanol–water partition coefficient (Wildman–Crippen LogP) is 2.11. The Balaban J connectivity index is 2.39. The van der Waals surface area contributed by atoms with E-state index in [0.717, 1.165) is 0 Å². The van der Waals surface area contributed by atoms with Gasteiger partial charge in [-0.2, -0.15) is 0 Å². The first-order chi connectivity index (χ1) is 7.41. The van der Waals surface area contributed by atoms with E-state index in [-0.39, 0.29) is 12.0 Å². The summed E-state index contributed by atoms with van der Waals surface area (Å²) in [6, 6.07) is 8.60. The highest BCUT2D eigenvalue weighted by molar-refractivity contribution is 5.72. The third-order valence-electron chi connectivity index (χ3n) is 2.72. The van der Waals surface area contributed by atoms with Crippen LogP contribution in [0, 0.1) is 0 Å². The van der Waals surface area contributed by atoms with Gasteiger partial charge in [0, 0.05) is 12.0 Å². The Bertz CT molecular complexity index is 410. The van der Waals surface area contributed by atoms with Crippen molar-refractivity contribution in [3.8, 4) is 0 Å². The summed E-state index contributed by atoms with van der Waals surface area (Å²) in [5.41, 5.74) is 10.3. The Hall–Kier alpha value is -1.26. The van der Waals surface area contributed by atoms with Gasteiger partial charge < -0.3 is 11.5 Å². The number of hydrogen-bond acceptors (Lipinski definition) is 2. The third-order valence-corrected chi connectivity index (χ3v) is 2.72. The molecule has 0 unspecified atom stereocenters. The van der Waals surface area contributed by atoms with Crippen molar-refractivity contribution in [2.75, 3.05) is 0 Å². The SMILES string of the molecule is NC1(N)CC=C(c2ccccc2)C(F)(F)C1. The number of alkyl halides is 2. The topological polar surface area (TPSA) is 52.0 Å². The number of benzene rings is 1. The van der Waals surface area contributed by atoms with Crippen LogP contribution >= 0.6 is 0 Å². The number of rotatable bonds is 1. The minimum Gasteiger partial charge on any atom is -0.313 e. The number of hydrogen-bond donors (Lipinski definition) is 2. The van der Waals surface area contributed by atoms with E-state index in [1.165, 1.54) is 6.08 Å². The molecule has 0 amide bonds. The Morgan fingerprint density at radius 3 is 2.25 bits per heavy atom. The summed E-state index contributed by atoms with van der Waals surface area (Å²) in [5, 5.41) is 0. The summed E-state index contributed by atoms with van der Waals surface area (Å²) in [4.78, 5) is 0. The molecule has 0 aliphatic heterocycles. The summed E-state index contributed by atoms with van der Waals surface area (Å²) >= 11 is 0. The third kappa shape index (κ3) is 2.13. The molecule has 4 N–H and O–H groups in total. The molecule has 0 saturated carbocycles. The van der Waals surface area contributed by atoms with Crippen LogP contribution in [0.15, 0.2) is 36.4 Å². The maximum absolute atomic E-state index is 13.8. The average Bonchev–Trinajstić information content (AvgIpc) is 2.16. The van der Waals surface area contributed by atoms with Crippen LogP contribution in [0.25, 0.3) is 5.57 Å². The predicted molar refractivity (Wildman–Crippen MR) is 59.7 cm³/mol. The highest BCUT2D eigenvalue weighted by Crippen LogP contribution is 2.41. The largest absolute Gasteiger partial charge is 0.313 e. The van der Waals surface area contributed by atoms with Gasteiger partial charge in [0.15, 0.2) is 0 Å². The van der Waals surface area contributed by atoms with Crippen LogP contribution in [-0.2, 0) is 0 Å². The van der Waals surface area contributed by atoms with Crippen molar-refractivity contribution in [3.05, 3.63) is 42.0 Å². The molecule has 0 bridgehead atoms. The van der Waals surface area contributed by atoms with E-state index in [9.17, 15) is 8.78 Å². The molecule has 16 heavy (non-hydrogen) atoms. The fraction of sp³-hybridized carbons (Fsp3) is 0.333. The van der Waals surface area contributed by atoms with Crippen molar-refractivity contribution in [1.82, 2.24) is 0 Å². The first kappa shape index (κ1) is 11.2. The Labute approximate surface area is 92.9 Å². The molecule has 2 rings (SSSR count). The Kier molecular flexibility index (Phi) is 2.56. The molecule has 4 heteroatoms. The molecule has 1 aliphatic rings. The molecule has 0 radical (unpaired) electrons. The number of nitrogens with two attached hydrogens (primary N) is 2. The monoisotopic (exact) mass is 224 g/mol. The van der Waals surface area contributed by atoms with Gasteiger partial charge in [-0.1, -0.05) is 36.4 Å². The summed E-state index contributed by atoms with van der Waals surface area (Å²) in [6.07, 6.45) is 1.20. The smallest absolute Gasteiger partial charge is 0.276 e. The van der Waals surface area contributed by atoms with Crippen LogP contribution in [0.5, 0.6) is 0 Å². The molecular formula is C12H14F2N2. The van der Waals surface area contributed by atoms with Crippen LogP contribution < -0.4 is 11.5 Å². The second kappa shape index (κ2) is 3.64. The summed E-state index contributed by atoms with van der Waals surface area (Å²) in [5.74, 6) is -2.96. The molecule has 1 aromatic rings. The highest BCUT2D eigenvalue weighted by atomic mass is 19.3. The van der Waals surface area contributed by atoms with Crippen molar-refractivity contribution >= 4 is 5.57 Å². The van der Waals surface area contributed by atoms with Gasteiger partial charge in [-0.05, 0) is 12.0 Å². The van der Waals surface area contributed by atoms with E-state index in [1.54, 1.807) is 30.3 Å². The lowest BCUT2D eigenvalue weighted by Gasteiger charge is -2.34. The molecule has 0 atom stereocenters. The minimum atomic E-state index is -2.96. The zero-order valence-electron chi connectivity index (χ0n) is 8.79. The normalized spacial score (nSPS) is 22.6. The van der Waals surface area contributed by atoms with Gasteiger partial charge in [-0.3, -0.25) is 0 Å². The Morgan fingerprint density at radius 2 is 1.69 bits per heavy atom. The quantitative estimate of drug-likeness (QED) is 0.718. The van der Waals surface area contributed by atoms with E-state index in [2.05, 4.69) is 0 Å². The first-order valence-electron chi connectivity index (χ1n) is 5.12. The molecule has 0 heterocycles. The second-order valence-electron chi connectivity index (χ2n) is 4.30. The summed E-state index contributed by atoms with van der Waals surface area (Å²) in [7, 11) is 0. The molecule has 0 spiro atoms. The van der Waals surface area contributed by atoms with Crippen LogP contribution in [0.1, 0.15) is 18.4 Å². The van der Waals surface area contributed by atoms with Gasteiger partial charge in [0.25, 0.3) is 5.92 Å². The van der Waals surface area contributed by atoms with Crippen molar-refractivity contribution < 1.29 is 8.78 Å². The number of allylic oxidation sites excluding steroid dienone is 1. The van der Waals surface area contributed by atoms with Gasteiger partial charge in [-0.15, -0.1) is 0 Å². The molecule has 2 nitrogen and oxygen atoms in total. The van der Waals surface area contributed by atoms with Gasteiger partial charge in [0.05, 0.1) is 5.66 Å². The lowest BCUT2D eigenvalue weighted by molar-refractivity contribution is 0.0265. The van der Waals surface area contributed by atoms with E-state index in [4.69, 9.17) is 11.5 Å². The van der Waals surface area contributed by atoms with Crippen molar-refractivity contribution in [1.29, 1.82) is 0 Å². The molecule has 0 aromatic heterocycles. The molecule has 1 aromatic carbocycles. The average molecular weight is 224 g/mol. The fourth-order valence-electron chi connectivity index (χ4n) is 1.97. The first-order valence-corrected chi connectivity index (χ1v) is 5.12. The van der Waals surface area contributed by atoms with Crippen LogP contribution in [0.4, 0.5) is 8.78 Å². The summed E-state index contributed by atoms with van der Waals surface area (Å²) < 4.78 is 27.6. The minimum absolute atomic E-state index is 0.0274. The summed E-state index contributed by atoms with van der Waals surface area (Å²) in [6.45, 7) is 0. The lowest BCUT2D eigenvalue weighted by Crippen LogP contribution is -2.54. The highest BCUT2D eigenvalue weighted by Gasteiger charge is 2.44. The molecule has 0 saturated heterocycles. The van der Waals surface area contributed by atoms with Crippen molar-refractivity contribution in [3.63, 3.8) is 0 Å². The van der Waals surface area contributed by atoms with Crippen LogP contribution in [0.3, 0.4) is 0 Å². The molecular weight excluding hydrogens is 210 g/mol. The van der Waals surface area contributed by atoms with E-state index < -0.39 is 18.0 Å². The van der Waals surface area contributed by atoms with Crippen LogP contribution in [0.2, 0.25) is 0 Å². The second-order valence-corrected chi connectivity index (χ2v) is 4.30. The van der Waals surface area contributed by atoms with E-state index in [1.807, 2.05) is 0 Å². The Morgan fingerprint density at radius 1 is 1.06 bits per heavy atom. The van der Waals surface area contributed by atoms with E-state index >= 15 is 0 Å². The molecule has 86 valence electrons. The van der Waals surface area contributed by atoms with E-state index in [0.29, 0.717) is 5.56 Å². The lowest BCUT2D eigenvalue weighted by atomic mass is 9.84. The fourth-order valence-corrected chi connectivity index (χ4v) is 1.97. The van der Waals surface area contributed by atoms with Crippen molar-refractivity contribution in [2.24, 2.45) is 11.5 Å². The molecule has 0 fully saturated rings. The van der Waals surface area contributed by atoms with Gasteiger partial charge in [0.2, 0.25) is 0 Å². The zero-order valence-corrected chi connectivity index (χ0v) is 8.79. The maximum Gasteiger partial charge on any atom is 0.276 e. The van der Waals surface area contributed by atoms with Crippen LogP contribution in [-0.4, -0.2) is 11.6 Å². The zero-order chi connectivity index (χ0) is 11.8.